The Bertz CT molecular complexity index is 658. The van der Waals surface area contributed by atoms with Gasteiger partial charge in [0.2, 0.25) is 0 Å². The van der Waals surface area contributed by atoms with Crippen LogP contribution in [0.15, 0.2) is 0 Å². The molecule has 1 aliphatic rings. The van der Waals surface area contributed by atoms with Crippen molar-refractivity contribution in [3.05, 3.63) is 0 Å². The maximum atomic E-state index is 11.8. The molecule has 0 aromatic rings. The predicted molar refractivity (Wildman–Crippen MR) is 169 cm³/mol. The maximum absolute atomic E-state index is 11.8. The lowest BCUT2D eigenvalue weighted by Gasteiger charge is -2.12. The molecule has 0 aliphatic carbocycles. The standard InChI is InChI=1S/C34H64N2O6/c1-41-30-31(37)29-35-28-24-22-20-18-16-14-12-10-8-6-4-2-3-5-7-9-11-13-15-17-19-21-23-25-34(40)42-36-32(38)26-27-33(36)39/h31,35,37H,2-30H2,1H3. The van der Waals surface area contributed by atoms with E-state index in [-0.39, 0.29) is 19.3 Å². The summed E-state index contributed by atoms with van der Waals surface area (Å²) >= 11 is 0. The summed E-state index contributed by atoms with van der Waals surface area (Å²) in [5, 5.41) is 13.5. The fourth-order valence-corrected chi connectivity index (χ4v) is 5.56. The number of rotatable bonds is 31. The number of unbranched alkanes of at least 4 members (excludes halogenated alkanes) is 22. The van der Waals surface area contributed by atoms with Crippen molar-refractivity contribution in [3.8, 4) is 0 Å². The number of ether oxygens (including phenoxy) is 1. The van der Waals surface area contributed by atoms with E-state index >= 15 is 0 Å². The van der Waals surface area contributed by atoms with Gasteiger partial charge in [0.25, 0.3) is 11.8 Å². The number of hydrogen-bond donors (Lipinski definition) is 2. The number of hydrogen-bond acceptors (Lipinski definition) is 7. The molecule has 8 nitrogen and oxygen atoms in total. The largest absolute Gasteiger partial charge is 0.389 e. The summed E-state index contributed by atoms with van der Waals surface area (Å²) in [6.45, 7) is 2.02. The van der Waals surface area contributed by atoms with Crippen LogP contribution in [0.4, 0.5) is 0 Å². The molecule has 2 amide bonds. The van der Waals surface area contributed by atoms with Gasteiger partial charge in [-0.1, -0.05) is 135 Å². The second-order valence-corrected chi connectivity index (χ2v) is 12.2. The zero-order valence-corrected chi connectivity index (χ0v) is 27.0. The van der Waals surface area contributed by atoms with E-state index in [4.69, 9.17) is 9.57 Å². The van der Waals surface area contributed by atoms with Gasteiger partial charge in [0.15, 0.2) is 0 Å². The molecule has 0 radical (unpaired) electrons. The van der Waals surface area contributed by atoms with Crippen molar-refractivity contribution in [2.45, 2.75) is 173 Å². The fourth-order valence-electron chi connectivity index (χ4n) is 5.56. The van der Waals surface area contributed by atoms with Crippen LogP contribution in [0, 0.1) is 0 Å². The molecule has 42 heavy (non-hydrogen) atoms. The number of carbonyl (C=O) groups excluding carboxylic acids is 3. The molecule has 1 rings (SSSR count). The molecule has 1 atom stereocenters. The Morgan fingerprint density at radius 2 is 1.02 bits per heavy atom. The minimum Gasteiger partial charge on any atom is -0.389 e. The summed E-state index contributed by atoms with van der Waals surface area (Å²) in [4.78, 5) is 39.6. The second-order valence-electron chi connectivity index (χ2n) is 12.2. The zero-order chi connectivity index (χ0) is 30.5. The fraction of sp³-hybridized carbons (Fsp3) is 0.912. The third-order valence-corrected chi connectivity index (χ3v) is 8.17. The Kier molecular flexibility index (Phi) is 25.9. The molecule has 8 heteroatoms. The lowest BCUT2D eigenvalue weighted by molar-refractivity contribution is -0.197. The summed E-state index contributed by atoms with van der Waals surface area (Å²) in [5.41, 5.74) is 0. The van der Waals surface area contributed by atoms with Crippen LogP contribution in [0.3, 0.4) is 0 Å². The molecular formula is C34H64N2O6. The van der Waals surface area contributed by atoms with E-state index in [1.807, 2.05) is 0 Å². The van der Waals surface area contributed by atoms with Gasteiger partial charge in [0.05, 0.1) is 12.7 Å². The molecule has 1 unspecified atom stereocenters. The van der Waals surface area contributed by atoms with Gasteiger partial charge in [0, 0.05) is 32.9 Å². The molecule has 0 bridgehead atoms. The topological polar surface area (TPSA) is 105 Å². The van der Waals surface area contributed by atoms with Crippen molar-refractivity contribution < 1.29 is 29.1 Å². The molecule has 2 N–H and O–H groups in total. The summed E-state index contributed by atoms with van der Waals surface area (Å²) in [6.07, 6.45) is 30.0. The Labute approximate surface area is 257 Å². The molecule has 0 saturated carbocycles. The number of nitrogens with zero attached hydrogens (tertiary/aromatic N) is 1. The molecule has 1 fully saturated rings. The molecule has 0 aromatic heterocycles. The van der Waals surface area contributed by atoms with Crippen molar-refractivity contribution >= 4 is 17.8 Å². The van der Waals surface area contributed by atoms with E-state index in [1.54, 1.807) is 7.11 Å². The third kappa shape index (κ3) is 23.0. The van der Waals surface area contributed by atoms with Crippen molar-refractivity contribution in [2.24, 2.45) is 0 Å². The number of aliphatic hydroxyl groups excluding tert-OH is 1. The smallest absolute Gasteiger partial charge is 0.333 e. The average Bonchev–Trinajstić information content (AvgIpc) is 3.29. The Hall–Kier alpha value is -1.51. The number of methoxy groups -OCH3 is 1. The highest BCUT2D eigenvalue weighted by Crippen LogP contribution is 2.16. The van der Waals surface area contributed by atoms with E-state index in [9.17, 15) is 19.5 Å². The van der Waals surface area contributed by atoms with Gasteiger partial charge in [-0.15, -0.1) is 5.06 Å². The SMILES string of the molecule is COCC(O)CNCCCCCCCCCCCCCCCCCCCCCCCCCC(=O)ON1C(=O)CCC1=O. The Morgan fingerprint density at radius 1 is 0.667 bits per heavy atom. The first-order chi connectivity index (χ1) is 20.5. The molecule has 1 saturated heterocycles. The molecular weight excluding hydrogens is 532 g/mol. The molecule has 0 spiro atoms. The zero-order valence-electron chi connectivity index (χ0n) is 27.0. The minimum atomic E-state index is -0.482. The Morgan fingerprint density at radius 3 is 1.40 bits per heavy atom. The van der Waals surface area contributed by atoms with E-state index in [0.29, 0.717) is 18.2 Å². The number of hydroxylamine groups is 2. The van der Waals surface area contributed by atoms with E-state index in [0.717, 1.165) is 25.8 Å². The number of imide groups is 1. The summed E-state index contributed by atoms with van der Waals surface area (Å²) in [6, 6.07) is 0. The normalized spacial score (nSPS) is 14.2. The highest BCUT2D eigenvalue weighted by atomic mass is 16.7. The highest BCUT2D eigenvalue weighted by Gasteiger charge is 2.32. The van der Waals surface area contributed by atoms with Gasteiger partial charge >= 0.3 is 5.97 Å². The van der Waals surface area contributed by atoms with Gasteiger partial charge in [-0.2, -0.15) is 0 Å². The van der Waals surface area contributed by atoms with Gasteiger partial charge in [-0.3, -0.25) is 9.59 Å². The minimum absolute atomic E-state index is 0.138. The van der Waals surface area contributed by atoms with Crippen molar-refractivity contribution in [3.63, 3.8) is 0 Å². The van der Waals surface area contributed by atoms with Crippen LogP contribution in [0.5, 0.6) is 0 Å². The molecule has 0 aromatic carbocycles. The van der Waals surface area contributed by atoms with E-state index in [1.165, 1.54) is 128 Å². The number of nitrogens with one attached hydrogen (secondary N) is 1. The lowest BCUT2D eigenvalue weighted by Crippen LogP contribution is -2.31. The highest BCUT2D eigenvalue weighted by molar-refractivity contribution is 6.01. The number of aliphatic hydroxyl groups is 1. The van der Waals surface area contributed by atoms with Gasteiger partial charge in [-0.05, 0) is 19.4 Å². The first-order valence-corrected chi connectivity index (χ1v) is 17.5. The number of amides is 2. The van der Waals surface area contributed by atoms with Crippen LogP contribution in [0.25, 0.3) is 0 Å². The molecule has 1 aliphatic heterocycles. The van der Waals surface area contributed by atoms with Crippen LogP contribution in [0.2, 0.25) is 0 Å². The van der Waals surface area contributed by atoms with Crippen molar-refractivity contribution in [1.29, 1.82) is 0 Å². The summed E-state index contributed by atoms with van der Waals surface area (Å²) < 4.78 is 4.92. The maximum Gasteiger partial charge on any atom is 0.333 e. The van der Waals surface area contributed by atoms with E-state index < -0.39 is 23.9 Å². The second kappa shape index (κ2) is 28.3. The first kappa shape index (κ1) is 38.5. The van der Waals surface area contributed by atoms with Gasteiger partial charge < -0.3 is 20.0 Å². The van der Waals surface area contributed by atoms with Crippen LogP contribution in [0.1, 0.15) is 167 Å². The summed E-state index contributed by atoms with van der Waals surface area (Å²) in [5.74, 6) is -1.31. The number of carbonyl (C=O) groups is 3. The van der Waals surface area contributed by atoms with E-state index in [2.05, 4.69) is 5.32 Å². The quantitative estimate of drug-likeness (QED) is 0.0629. The van der Waals surface area contributed by atoms with Gasteiger partial charge in [0.1, 0.15) is 0 Å². The van der Waals surface area contributed by atoms with Gasteiger partial charge in [-0.25, -0.2) is 4.79 Å². The monoisotopic (exact) mass is 596 g/mol. The lowest BCUT2D eigenvalue weighted by atomic mass is 10.0. The average molecular weight is 597 g/mol. The van der Waals surface area contributed by atoms with Crippen LogP contribution < -0.4 is 5.32 Å². The van der Waals surface area contributed by atoms with Crippen molar-refractivity contribution in [1.82, 2.24) is 10.4 Å². The first-order valence-electron chi connectivity index (χ1n) is 17.5. The van der Waals surface area contributed by atoms with Crippen LogP contribution >= 0.6 is 0 Å². The van der Waals surface area contributed by atoms with Crippen molar-refractivity contribution in [2.75, 3.05) is 26.8 Å². The van der Waals surface area contributed by atoms with Crippen LogP contribution in [-0.2, 0) is 24.0 Å². The van der Waals surface area contributed by atoms with Crippen LogP contribution in [-0.4, -0.2) is 60.9 Å². The predicted octanol–water partition coefficient (Wildman–Crippen LogP) is 7.55. The Balaban J connectivity index is 1.68. The summed E-state index contributed by atoms with van der Waals surface area (Å²) in [7, 11) is 1.62. The molecule has 1 heterocycles. The molecule has 246 valence electrons. The third-order valence-electron chi connectivity index (χ3n) is 8.17.